The van der Waals surface area contributed by atoms with E-state index in [1.165, 1.54) is 5.56 Å². The maximum atomic E-state index is 13.9. The van der Waals surface area contributed by atoms with Crippen LogP contribution >= 0.6 is 0 Å². The number of amides is 2. The molecule has 244 valence electrons. The third kappa shape index (κ3) is 11.6. The summed E-state index contributed by atoms with van der Waals surface area (Å²) in [6.07, 6.45) is 0.941. The molecule has 0 aliphatic carbocycles. The van der Waals surface area contributed by atoms with E-state index in [1.807, 2.05) is 61.6 Å². The number of likely N-dealkylation sites (N-methyl/N-ethyl adjacent to an activating group) is 1. The van der Waals surface area contributed by atoms with E-state index in [-0.39, 0.29) is 29.8 Å². The first-order valence-electron chi connectivity index (χ1n) is 16.0. The van der Waals surface area contributed by atoms with Crippen molar-refractivity contribution in [3.8, 4) is 5.75 Å². The minimum atomic E-state index is -0.831. The molecule has 7 nitrogen and oxygen atoms in total. The smallest absolute Gasteiger partial charge is 0.243 e. The van der Waals surface area contributed by atoms with Gasteiger partial charge in [-0.15, -0.1) is 0 Å². The fraction of sp³-hybridized carbons (Fsp3) is 0.474. The van der Waals surface area contributed by atoms with Crippen molar-refractivity contribution in [1.29, 1.82) is 0 Å². The number of carbonyl (C=O) groups excluding carboxylic acids is 2. The molecule has 7 heteroatoms. The van der Waals surface area contributed by atoms with Crippen LogP contribution in [-0.2, 0) is 34.6 Å². The minimum absolute atomic E-state index is 0.0696. The Bertz CT molecular complexity index is 1350. The van der Waals surface area contributed by atoms with E-state index in [4.69, 9.17) is 4.74 Å². The SMILES string of the molecule is CC(C)CC(C(=O)NC(Cc1ccc(OCc2ccccc2)cc1)C(=O)NC(C)(C)CO)N(C)Cc1ccc(C(C)(C)C)cc1. The summed E-state index contributed by atoms with van der Waals surface area (Å²) in [5.74, 6) is 0.469. The first-order valence-corrected chi connectivity index (χ1v) is 16.0. The Morgan fingerprint density at radius 2 is 1.42 bits per heavy atom. The molecule has 3 aromatic rings. The van der Waals surface area contributed by atoms with Gasteiger partial charge in [0.05, 0.1) is 18.2 Å². The van der Waals surface area contributed by atoms with Crippen LogP contribution in [-0.4, -0.2) is 53.1 Å². The Morgan fingerprint density at radius 1 is 0.822 bits per heavy atom. The maximum absolute atomic E-state index is 13.9. The average molecular weight is 616 g/mol. The van der Waals surface area contributed by atoms with Crippen molar-refractivity contribution in [3.63, 3.8) is 0 Å². The lowest BCUT2D eigenvalue weighted by atomic mass is 9.86. The predicted molar refractivity (Wildman–Crippen MR) is 182 cm³/mol. The number of rotatable bonds is 15. The molecule has 0 aromatic heterocycles. The largest absolute Gasteiger partial charge is 0.489 e. The number of carbonyl (C=O) groups is 2. The third-order valence-electron chi connectivity index (χ3n) is 7.88. The van der Waals surface area contributed by atoms with E-state index < -0.39 is 17.6 Å². The van der Waals surface area contributed by atoms with Crippen molar-refractivity contribution in [3.05, 3.63) is 101 Å². The van der Waals surface area contributed by atoms with Crippen LogP contribution in [0.25, 0.3) is 0 Å². The normalized spacial score (nSPS) is 13.4. The van der Waals surface area contributed by atoms with Gasteiger partial charge < -0.3 is 20.5 Å². The highest BCUT2D eigenvalue weighted by atomic mass is 16.5. The molecule has 2 atom stereocenters. The Kier molecular flexibility index (Phi) is 12.8. The van der Waals surface area contributed by atoms with Crippen molar-refractivity contribution in [2.24, 2.45) is 5.92 Å². The second kappa shape index (κ2) is 16.1. The molecule has 2 unspecified atom stereocenters. The molecule has 0 heterocycles. The van der Waals surface area contributed by atoms with Gasteiger partial charge in [-0.05, 0) is 73.0 Å². The monoisotopic (exact) mass is 615 g/mol. The number of hydrogen-bond acceptors (Lipinski definition) is 5. The standard InChI is InChI=1S/C38H53N3O4/c1-27(2)22-34(41(8)24-29-14-18-31(19-15-29)37(3,4)5)36(44)39-33(35(43)40-38(6,7)26-42)23-28-16-20-32(21-17-28)45-25-30-12-10-9-11-13-30/h9-21,27,33-34,42H,22-26H2,1-8H3,(H,39,44)(H,40,43). The van der Waals surface area contributed by atoms with Crippen LogP contribution in [0.1, 0.15) is 77.1 Å². The third-order valence-corrected chi connectivity index (χ3v) is 7.88. The molecule has 3 aromatic carbocycles. The lowest BCUT2D eigenvalue weighted by Crippen LogP contribution is -2.57. The summed E-state index contributed by atoms with van der Waals surface area (Å²) >= 11 is 0. The lowest BCUT2D eigenvalue weighted by Gasteiger charge is -2.32. The molecule has 2 amide bonds. The van der Waals surface area contributed by atoms with Gasteiger partial charge in [0.25, 0.3) is 0 Å². The van der Waals surface area contributed by atoms with Gasteiger partial charge >= 0.3 is 0 Å². The zero-order valence-corrected chi connectivity index (χ0v) is 28.4. The van der Waals surface area contributed by atoms with Crippen LogP contribution in [0.3, 0.4) is 0 Å². The minimum Gasteiger partial charge on any atom is -0.489 e. The van der Waals surface area contributed by atoms with Crippen molar-refractivity contribution < 1.29 is 19.4 Å². The summed E-state index contributed by atoms with van der Waals surface area (Å²) in [5.41, 5.74) is 3.59. The highest BCUT2D eigenvalue weighted by Crippen LogP contribution is 2.23. The molecule has 0 fully saturated rings. The van der Waals surface area contributed by atoms with Crippen molar-refractivity contribution in [2.45, 2.75) is 97.5 Å². The van der Waals surface area contributed by atoms with E-state index in [2.05, 4.69) is 74.4 Å². The first-order chi connectivity index (χ1) is 21.2. The predicted octanol–water partition coefficient (Wildman–Crippen LogP) is 6.02. The number of ether oxygens (including phenoxy) is 1. The Hall–Kier alpha value is -3.68. The molecule has 0 saturated carbocycles. The van der Waals surface area contributed by atoms with Gasteiger partial charge in [-0.3, -0.25) is 14.5 Å². The van der Waals surface area contributed by atoms with Gasteiger partial charge in [0, 0.05) is 13.0 Å². The number of hydrogen-bond donors (Lipinski definition) is 3. The van der Waals surface area contributed by atoms with E-state index in [0.717, 1.165) is 22.4 Å². The van der Waals surface area contributed by atoms with Crippen LogP contribution in [0.4, 0.5) is 0 Å². The van der Waals surface area contributed by atoms with Crippen molar-refractivity contribution in [1.82, 2.24) is 15.5 Å². The molecule has 0 radical (unpaired) electrons. The van der Waals surface area contributed by atoms with Crippen LogP contribution in [0.5, 0.6) is 5.75 Å². The summed E-state index contributed by atoms with van der Waals surface area (Å²) in [5, 5.41) is 15.8. The molecule has 3 N–H and O–H groups in total. The van der Waals surface area contributed by atoms with Gasteiger partial charge in [0.1, 0.15) is 18.4 Å². The number of nitrogens with one attached hydrogen (secondary N) is 2. The highest BCUT2D eigenvalue weighted by molar-refractivity contribution is 5.90. The topological polar surface area (TPSA) is 90.9 Å². The molecular formula is C38H53N3O4. The van der Waals surface area contributed by atoms with Gasteiger partial charge in [-0.2, -0.15) is 0 Å². The van der Waals surface area contributed by atoms with Gasteiger partial charge in [-0.1, -0.05) is 101 Å². The van der Waals surface area contributed by atoms with E-state index in [0.29, 0.717) is 26.0 Å². The second-order valence-electron chi connectivity index (χ2n) is 14.2. The fourth-order valence-electron chi connectivity index (χ4n) is 5.08. The van der Waals surface area contributed by atoms with Gasteiger partial charge in [0.15, 0.2) is 0 Å². The van der Waals surface area contributed by atoms with Gasteiger partial charge in [-0.25, -0.2) is 0 Å². The van der Waals surface area contributed by atoms with Crippen molar-refractivity contribution in [2.75, 3.05) is 13.7 Å². The van der Waals surface area contributed by atoms with Crippen LogP contribution < -0.4 is 15.4 Å². The quantitative estimate of drug-likeness (QED) is 0.194. The maximum Gasteiger partial charge on any atom is 0.243 e. The summed E-state index contributed by atoms with van der Waals surface area (Å²) in [6, 6.07) is 24.9. The Labute approximate surface area is 270 Å². The number of aliphatic hydroxyl groups is 1. The Morgan fingerprint density at radius 3 is 1.98 bits per heavy atom. The number of aliphatic hydroxyl groups excluding tert-OH is 1. The first kappa shape index (κ1) is 35.8. The summed E-state index contributed by atoms with van der Waals surface area (Å²) in [6.45, 7) is 15.1. The molecule has 0 aliphatic heterocycles. The van der Waals surface area contributed by atoms with Gasteiger partial charge in [0.2, 0.25) is 11.8 Å². The van der Waals surface area contributed by atoms with E-state index >= 15 is 0 Å². The fourth-order valence-corrected chi connectivity index (χ4v) is 5.08. The zero-order chi connectivity index (χ0) is 33.2. The molecule has 0 bridgehead atoms. The lowest BCUT2D eigenvalue weighted by molar-refractivity contribution is -0.133. The molecule has 0 saturated heterocycles. The summed E-state index contributed by atoms with van der Waals surface area (Å²) < 4.78 is 5.93. The second-order valence-corrected chi connectivity index (χ2v) is 14.2. The molecule has 0 spiro atoms. The zero-order valence-electron chi connectivity index (χ0n) is 28.4. The number of nitrogens with zero attached hydrogens (tertiary/aromatic N) is 1. The molecule has 45 heavy (non-hydrogen) atoms. The molecule has 3 rings (SSSR count). The van der Waals surface area contributed by atoms with Crippen molar-refractivity contribution >= 4 is 11.8 Å². The summed E-state index contributed by atoms with van der Waals surface area (Å²) in [4.78, 5) is 29.5. The summed E-state index contributed by atoms with van der Waals surface area (Å²) in [7, 11) is 1.96. The number of benzene rings is 3. The molecular weight excluding hydrogens is 562 g/mol. The average Bonchev–Trinajstić information content (AvgIpc) is 2.99. The van der Waals surface area contributed by atoms with E-state index in [9.17, 15) is 14.7 Å². The van der Waals surface area contributed by atoms with Crippen LogP contribution in [0, 0.1) is 5.92 Å². The Balaban J connectivity index is 1.76. The highest BCUT2D eigenvalue weighted by Gasteiger charge is 2.31. The van der Waals surface area contributed by atoms with Crippen LogP contribution in [0.2, 0.25) is 0 Å². The van der Waals surface area contributed by atoms with E-state index in [1.54, 1.807) is 13.8 Å². The molecule has 0 aliphatic rings. The van der Waals surface area contributed by atoms with Crippen LogP contribution in [0.15, 0.2) is 78.9 Å².